The first-order valence-electron chi connectivity index (χ1n) is 9.40. The summed E-state index contributed by atoms with van der Waals surface area (Å²) in [6.07, 6.45) is 1.62. The molecule has 2 N–H and O–H groups in total. The predicted molar refractivity (Wildman–Crippen MR) is 123 cm³/mol. The maximum atomic E-state index is 13.1. The van der Waals surface area contributed by atoms with Crippen LogP contribution in [0.5, 0.6) is 0 Å². The van der Waals surface area contributed by atoms with Crippen LogP contribution in [-0.2, 0) is 4.79 Å². The first kappa shape index (κ1) is 21.6. The molecular weight excluding hydrogens is 504 g/mol. The van der Waals surface area contributed by atoms with E-state index in [1.807, 2.05) is 13.0 Å². The van der Waals surface area contributed by atoms with E-state index >= 15 is 0 Å². The van der Waals surface area contributed by atoms with Crippen molar-refractivity contribution in [1.82, 2.24) is 0 Å². The largest absolute Gasteiger partial charge is 0.384 e. The maximum Gasteiger partial charge on any atom is 0.271 e. The molecule has 0 amide bonds. The molecule has 2 aliphatic rings. The van der Waals surface area contributed by atoms with Crippen molar-refractivity contribution >= 4 is 56.0 Å². The van der Waals surface area contributed by atoms with Gasteiger partial charge >= 0.3 is 0 Å². The van der Waals surface area contributed by atoms with Crippen molar-refractivity contribution in [3.8, 4) is 6.07 Å². The van der Waals surface area contributed by atoms with Crippen molar-refractivity contribution in [3.63, 3.8) is 0 Å². The topological polar surface area (TPSA) is 113 Å². The van der Waals surface area contributed by atoms with Crippen molar-refractivity contribution in [2.45, 2.75) is 32.1 Å². The van der Waals surface area contributed by atoms with Gasteiger partial charge in [-0.15, -0.1) is 11.3 Å². The first-order valence-corrected chi connectivity index (χ1v) is 11.4. The highest BCUT2D eigenvalue weighted by atomic mass is 79.9. The van der Waals surface area contributed by atoms with Gasteiger partial charge in [-0.1, -0.05) is 11.6 Å². The molecule has 31 heavy (non-hydrogen) atoms. The number of hydrogen-bond donors (Lipinski definition) is 1. The van der Waals surface area contributed by atoms with Crippen LogP contribution in [0, 0.1) is 28.4 Å². The average Bonchev–Trinajstić information content (AvgIpc) is 3.06. The van der Waals surface area contributed by atoms with E-state index in [0.29, 0.717) is 36.2 Å². The molecule has 7 nitrogen and oxygen atoms in total. The van der Waals surface area contributed by atoms with E-state index in [1.165, 1.54) is 29.5 Å². The minimum Gasteiger partial charge on any atom is -0.384 e. The number of rotatable bonds is 3. The Hall–Kier alpha value is -2.67. The number of thiophene rings is 1. The summed E-state index contributed by atoms with van der Waals surface area (Å²) in [4.78, 5) is 27.2. The molecule has 2 heterocycles. The zero-order chi connectivity index (χ0) is 22.4. The summed E-state index contributed by atoms with van der Waals surface area (Å²) in [7, 11) is 0. The number of hydrogen-bond acceptors (Lipinski definition) is 7. The van der Waals surface area contributed by atoms with Crippen molar-refractivity contribution in [3.05, 3.63) is 76.3 Å². The number of anilines is 1. The molecule has 0 saturated carbocycles. The molecule has 158 valence electrons. The fraction of sp³-hybridized carbons (Fsp3) is 0.238. The minimum absolute atomic E-state index is 0.0308. The van der Waals surface area contributed by atoms with Gasteiger partial charge in [0.15, 0.2) is 5.78 Å². The fourth-order valence-corrected chi connectivity index (χ4v) is 6.00. The second-order valence-corrected chi connectivity index (χ2v) is 9.81. The normalized spacial score (nSPS) is 18.8. The van der Waals surface area contributed by atoms with Crippen LogP contribution in [0.25, 0.3) is 0 Å². The highest BCUT2D eigenvalue weighted by molar-refractivity contribution is 9.10. The lowest BCUT2D eigenvalue weighted by Gasteiger charge is -2.39. The third-order valence-electron chi connectivity index (χ3n) is 5.46. The van der Waals surface area contributed by atoms with Crippen molar-refractivity contribution in [2.75, 3.05) is 4.90 Å². The van der Waals surface area contributed by atoms with Gasteiger partial charge in [-0.05, 0) is 47.8 Å². The number of allylic oxidation sites excluding steroid dienone is 3. The number of nitrogens with two attached hydrogens (primary N) is 1. The van der Waals surface area contributed by atoms with Gasteiger partial charge in [-0.25, -0.2) is 0 Å². The number of ketones is 1. The molecule has 1 atom stereocenters. The Balaban J connectivity index is 1.96. The van der Waals surface area contributed by atoms with Gasteiger partial charge in [0.25, 0.3) is 5.69 Å². The highest BCUT2D eigenvalue weighted by Crippen LogP contribution is 2.49. The molecule has 0 spiro atoms. The van der Waals surface area contributed by atoms with Gasteiger partial charge in [-0.2, -0.15) is 5.26 Å². The number of nitro groups is 1. The van der Waals surface area contributed by atoms with Crippen LogP contribution >= 0.6 is 38.9 Å². The molecule has 2 aromatic rings. The Morgan fingerprint density at radius 1 is 1.39 bits per heavy atom. The molecule has 0 bridgehead atoms. The van der Waals surface area contributed by atoms with E-state index in [1.54, 1.807) is 4.90 Å². The number of non-ortho nitro benzene ring substituents is 1. The molecule has 10 heteroatoms. The highest BCUT2D eigenvalue weighted by Gasteiger charge is 2.41. The number of Topliss-reactive ketones (excluding diaryl/α,β-unsaturated/α-hetero) is 1. The lowest BCUT2D eigenvalue weighted by atomic mass is 9.78. The Kier molecular flexibility index (Phi) is 5.64. The molecule has 0 saturated heterocycles. The molecule has 0 fully saturated rings. The second-order valence-electron chi connectivity index (χ2n) is 7.26. The molecule has 1 aromatic heterocycles. The van der Waals surface area contributed by atoms with E-state index in [-0.39, 0.29) is 27.9 Å². The number of nitriles is 1. The van der Waals surface area contributed by atoms with E-state index in [9.17, 15) is 20.2 Å². The van der Waals surface area contributed by atoms with Gasteiger partial charge in [-0.3, -0.25) is 19.8 Å². The predicted octanol–water partition coefficient (Wildman–Crippen LogP) is 5.69. The lowest BCUT2D eigenvalue weighted by Crippen LogP contribution is -2.38. The van der Waals surface area contributed by atoms with Gasteiger partial charge in [0.05, 0.1) is 33.2 Å². The van der Waals surface area contributed by atoms with Gasteiger partial charge < -0.3 is 5.73 Å². The Labute approximate surface area is 195 Å². The number of nitrogens with zero attached hydrogens (tertiary/aromatic N) is 3. The van der Waals surface area contributed by atoms with Crippen LogP contribution in [0.3, 0.4) is 0 Å². The van der Waals surface area contributed by atoms with Gasteiger partial charge in [0.2, 0.25) is 0 Å². The zero-order valence-electron chi connectivity index (χ0n) is 16.3. The van der Waals surface area contributed by atoms with Crippen LogP contribution in [0.15, 0.2) is 51.4 Å². The molecule has 1 aromatic carbocycles. The van der Waals surface area contributed by atoms with Crippen molar-refractivity contribution in [2.24, 2.45) is 5.73 Å². The average molecular weight is 520 g/mol. The summed E-state index contributed by atoms with van der Waals surface area (Å²) in [5.74, 6) is -0.397. The summed E-state index contributed by atoms with van der Waals surface area (Å²) < 4.78 is 0.912. The monoisotopic (exact) mass is 518 g/mol. The number of aryl methyl sites for hydroxylation is 1. The molecule has 1 unspecified atom stereocenters. The first-order chi connectivity index (χ1) is 14.7. The van der Waals surface area contributed by atoms with E-state index in [2.05, 4.69) is 22.0 Å². The number of halogens is 2. The van der Waals surface area contributed by atoms with Gasteiger partial charge in [0.1, 0.15) is 5.82 Å². The summed E-state index contributed by atoms with van der Waals surface area (Å²) in [5, 5.41) is 21.2. The maximum absolute atomic E-state index is 13.1. The smallest absolute Gasteiger partial charge is 0.271 e. The SMILES string of the molecule is Cc1sc(C2C(C#N)=C(N)N(c3ccc([N+](=O)[O-])cc3Cl)C3=C2C(=O)CCC3)cc1Br. The van der Waals surface area contributed by atoms with Gasteiger partial charge in [0, 0.05) is 44.1 Å². The fourth-order valence-electron chi connectivity index (χ4n) is 4.06. The molecular formula is C21H16BrClN4O3S. The van der Waals surface area contributed by atoms with E-state index in [0.717, 1.165) is 14.2 Å². The Morgan fingerprint density at radius 3 is 2.71 bits per heavy atom. The molecule has 0 radical (unpaired) electrons. The van der Waals surface area contributed by atoms with Crippen LogP contribution in [0.1, 0.15) is 34.9 Å². The Morgan fingerprint density at radius 2 is 2.13 bits per heavy atom. The lowest BCUT2D eigenvalue weighted by molar-refractivity contribution is -0.384. The number of carbonyl (C=O) groups is 1. The quantitative estimate of drug-likeness (QED) is 0.412. The van der Waals surface area contributed by atoms with Crippen molar-refractivity contribution < 1.29 is 9.72 Å². The van der Waals surface area contributed by atoms with Crippen LogP contribution in [0.4, 0.5) is 11.4 Å². The summed E-state index contributed by atoms with van der Waals surface area (Å²) >= 11 is 11.4. The van der Waals surface area contributed by atoms with Crippen LogP contribution < -0.4 is 10.6 Å². The zero-order valence-corrected chi connectivity index (χ0v) is 19.5. The molecule has 1 aliphatic heterocycles. The third-order valence-corrected chi connectivity index (χ3v) is 7.96. The third kappa shape index (κ3) is 3.55. The second kappa shape index (κ2) is 8.11. The summed E-state index contributed by atoms with van der Waals surface area (Å²) in [6, 6.07) is 8.20. The minimum atomic E-state index is -0.545. The number of nitro benzene ring substituents is 1. The van der Waals surface area contributed by atoms with Crippen LogP contribution in [-0.4, -0.2) is 10.7 Å². The Bertz CT molecular complexity index is 1220. The standard InChI is InChI=1S/C21H16BrClN4O3S/c1-10-13(22)8-18(31-10)19-12(9-24)21(25)26(16-3-2-4-17(28)20(16)19)15-6-5-11(27(29)30)7-14(15)23/h5-8,19H,2-4,25H2,1H3. The van der Waals surface area contributed by atoms with Crippen molar-refractivity contribution in [1.29, 1.82) is 5.26 Å². The van der Waals surface area contributed by atoms with Crippen LogP contribution in [0.2, 0.25) is 5.02 Å². The molecule has 4 rings (SSSR count). The summed E-state index contributed by atoms with van der Waals surface area (Å²) in [5.41, 5.74) is 8.24. The summed E-state index contributed by atoms with van der Waals surface area (Å²) in [6.45, 7) is 1.96. The molecule has 1 aliphatic carbocycles. The number of carbonyl (C=O) groups excluding carboxylic acids is 1. The van der Waals surface area contributed by atoms with E-state index < -0.39 is 10.8 Å². The van der Waals surface area contributed by atoms with E-state index in [4.69, 9.17) is 17.3 Å². The number of benzene rings is 1.